The highest BCUT2D eigenvalue weighted by atomic mass is 32.2. The van der Waals surface area contributed by atoms with E-state index in [1.807, 2.05) is 32.2 Å². The molecular weight excluding hydrogens is 406 g/mol. The topological polar surface area (TPSA) is 72.2 Å². The number of hydrogen-bond donors (Lipinski definition) is 1. The predicted molar refractivity (Wildman–Crippen MR) is 124 cm³/mol. The Morgan fingerprint density at radius 1 is 1.03 bits per heavy atom. The van der Waals surface area contributed by atoms with Crippen LogP contribution in [-0.4, -0.2) is 31.7 Å². The van der Waals surface area contributed by atoms with Crippen LogP contribution in [0.5, 0.6) is 0 Å². The molecule has 31 heavy (non-hydrogen) atoms. The molecule has 7 heteroatoms. The van der Waals surface area contributed by atoms with E-state index in [-0.39, 0.29) is 12.3 Å². The lowest BCUT2D eigenvalue weighted by atomic mass is 10.0. The summed E-state index contributed by atoms with van der Waals surface area (Å²) in [6.07, 6.45) is 2.19. The molecule has 4 aromatic rings. The largest absolute Gasteiger partial charge is 0.352 e. The van der Waals surface area contributed by atoms with E-state index in [1.54, 1.807) is 4.52 Å². The van der Waals surface area contributed by atoms with Crippen molar-refractivity contribution in [2.45, 2.75) is 38.9 Å². The summed E-state index contributed by atoms with van der Waals surface area (Å²) in [7, 11) is 0. The third-order valence-electron chi connectivity index (χ3n) is 5.32. The molecule has 0 saturated heterocycles. The van der Waals surface area contributed by atoms with E-state index >= 15 is 0 Å². The lowest BCUT2D eigenvalue weighted by Gasteiger charge is -2.11. The lowest BCUT2D eigenvalue weighted by Crippen LogP contribution is -2.25. The van der Waals surface area contributed by atoms with Crippen LogP contribution in [0, 0.1) is 20.8 Å². The van der Waals surface area contributed by atoms with Crippen LogP contribution in [-0.2, 0) is 17.8 Å². The van der Waals surface area contributed by atoms with Crippen LogP contribution in [0.2, 0.25) is 0 Å². The Morgan fingerprint density at radius 2 is 1.77 bits per heavy atom. The van der Waals surface area contributed by atoms with Crippen LogP contribution in [0.1, 0.15) is 28.1 Å². The maximum Gasteiger partial charge on any atom is 0.253 e. The zero-order valence-electron chi connectivity index (χ0n) is 18.1. The molecule has 0 fully saturated rings. The molecule has 0 bridgehead atoms. The second-order valence-corrected chi connectivity index (χ2v) is 8.37. The number of fused-ring (bicyclic) bond motifs is 1. The van der Waals surface area contributed by atoms with Crippen molar-refractivity contribution in [2.24, 2.45) is 0 Å². The van der Waals surface area contributed by atoms with Crippen LogP contribution >= 0.6 is 11.8 Å². The number of rotatable bonds is 6. The number of thioether (sulfide) groups is 1. The molecule has 0 aliphatic rings. The molecule has 4 rings (SSSR count). The van der Waals surface area contributed by atoms with Crippen LogP contribution in [0.4, 0.5) is 0 Å². The van der Waals surface area contributed by atoms with Gasteiger partial charge in [0.15, 0.2) is 0 Å². The van der Waals surface area contributed by atoms with Gasteiger partial charge in [-0.3, -0.25) is 4.79 Å². The second kappa shape index (κ2) is 8.89. The van der Waals surface area contributed by atoms with Crippen LogP contribution < -0.4 is 5.32 Å². The number of carbonyl (C=O) groups excluding carboxylic acids is 1. The van der Waals surface area contributed by atoms with Gasteiger partial charge in [0.05, 0.1) is 6.42 Å². The second-order valence-electron chi connectivity index (χ2n) is 7.59. The fourth-order valence-electron chi connectivity index (χ4n) is 3.64. The molecule has 2 heterocycles. The summed E-state index contributed by atoms with van der Waals surface area (Å²) in [5, 5.41) is 8.16. The van der Waals surface area contributed by atoms with Crippen molar-refractivity contribution >= 4 is 23.4 Å². The molecule has 2 aromatic carbocycles. The summed E-state index contributed by atoms with van der Waals surface area (Å²) in [5.41, 5.74) is 7.20. The summed E-state index contributed by atoms with van der Waals surface area (Å²) in [6, 6.07) is 16.7. The summed E-state index contributed by atoms with van der Waals surface area (Å²) >= 11 is 1.47. The number of aromatic nitrogens is 4. The molecule has 1 N–H and O–H groups in total. The van der Waals surface area contributed by atoms with Crippen molar-refractivity contribution < 1.29 is 4.79 Å². The molecule has 0 saturated carbocycles. The number of hydrogen-bond acceptors (Lipinski definition) is 5. The maximum absolute atomic E-state index is 12.7. The highest BCUT2D eigenvalue weighted by Crippen LogP contribution is 2.22. The lowest BCUT2D eigenvalue weighted by molar-refractivity contribution is -0.120. The number of amides is 1. The zero-order chi connectivity index (χ0) is 22.0. The van der Waals surface area contributed by atoms with E-state index in [2.05, 4.69) is 63.7 Å². The molecule has 0 atom stereocenters. The van der Waals surface area contributed by atoms with Crippen LogP contribution in [0.3, 0.4) is 0 Å². The van der Waals surface area contributed by atoms with Gasteiger partial charge in [-0.1, -0.05) is 59.8 Å². The Morgan fingerprint density at radius 3 is 2.52 bits per heavy atom. The van der Waals surface area contributed by atoms with Gasteiger partial charge in [-0.2, -0.15) is 4.98 Å². The van der Waals surface area contributed by atoms with Crippen molar-refractivity contribution in [3.63, 3.8) is 0 Å². The Hall–Kier alpha value is -3.19. The van der Waals surface area contributed by atoms with Crippen LogP contribution in [0.15, 0.2) is 53.7 Å². The third kappa shape index (κ3) is 4.61. The van der Waals surface area contributed by atoms with Gasteiger partial charge in [0.2, 0.25) is 11.1 Å². The minimum Gasteiger partial charge on any atom is -0.352 e. The van der Waals surface area contributed by atoms with Crippen molar-refractivity contribution in [1.82, 2.24) is 24.9 Å². The van der Waals surface area contributed by atoms with Gasteiger partial charge in [0.25, 0.3) is 5.78 Å². The Kier molecular flexibility index (Phi) is 6.04. The summed E-state index contributed by atoms with van der Waals surface area (Å²) in [6.45, 7) is 6.43. The molecule has 2 aromatic heterocycles. The van der Waals surface area contributed by atoms with E-state index in [4.69, 9.17) is 0 Å². The standard InChI is InChI=1S/C24H25N5OS/c1-15-7-5-9-19(11-15)20-10-6-8-18(12-20)14-25-22(30)13-21-16(2)26-23-27-24(31-4)28-29(23)17(21)3/h5-12H,13-14H2,1-4H3,(H,25,30). The van der Waals surface area contributed by atoms with Gasteiger partial charge >= 0.3 is 0 Å². The van der Waals surface area contributed by atoms with E-state index in [0.29, 0.717) is 17.5 Å². The van der Waals surface area contributed by atoms with Crippen molar-refractivity contribution in [3.8, 4) is 11.1 Å². The van der Waals surface area contributed by atoms with Gasteiger partial charge in [0, 0.05) is 23.5 Å². The monoisotopic (exact) mass is 431 g/mol. The third-order valence-corrected chi connectivity index (χ3v) is 5.86. The average molecular weight is 432 g/mol. The number of benzene rings is 2. The van der Waals surface area contributed by atoms with Gasteiger partial charge in [-0.15, -0.1) is 5.10 Å². The van der Waals surface area contributed by atoms with Crippen molar-refractivity contribution in [1.29, 1.82) is 0 Å². The van der Waals surface area contributed by atoms with Crippen LogP contribution in [0.25, 0.3) is 16.9 Å². The molecular formula is C24H25N5OS. The smallest absolute Gasteiger partial charge is 0.253 e. The molecule has 0 radical (unpaired) electrons. The highest BCUT2D eigenvalue weighted by molar-refractivity contribution is 7.98. The Bertz CT molecular complexity index is 1260. The molecule has 158 valence electrons. The SMILES string of the molecule is CSc1nc2nc(C)c(CC(=O)NCc3cccc(-c4cccc(C)c4)c3)c(C)n2n1. The quantitative estimate of drug-likeness (QED) is 0.461. The molecule has 0 aliphatic heterocycles. The van der Waals surface area contributed by atoms with E-state index in [0.717, 1.165) is 28.1 Å². The number of nitrogens with zero attached hydrogens (tertiary/aromatic N) is 4. The van der Waals surface area contributed by atoms with Gasteiger partial charge < -0.3 is 5.32 Å². The van der Waals surface area contributed by atoms with Crippen molar-refractivity contribution in [3.05, 3.63) is 76.6 Å². The summed E-state index contributed by atoms with van der Waals surface area (Å²) in [5.74, 6) is 0.523. The first kappa shape index (κ1) is 21.1. The normalized spacial score (nSPS) is 11.1. The molecule has 0 spiro atoms. The minimum atomic E-state index is -0.0430. The number of aryl methyl sites for hydroxylation is 3. The molecule has 0 aliphatic carbocycles. The molecule has 6 nitrogen and oxygen atoms in total. The zero-order valence-corrected chi connectivity index (χ0v) is 19.0. The minimum absolute atomic E-state index is 0.0430. The fourth-order valence-corrected chi connectivity index (χ4v) is 3.98. The first-order chi connectivity index (χ1) is 14.9. The average Bonchev–Trinajstić information content (AvgIpc) is 3.19. The molecule has 1 amide bonds. The van der Waals surface area contributed by atoms with E-state index in [1.165, 1.54) is 22.9 Å². The Labute approximate surface area is 186 Å². The maximum atomic E-state index is 12.7. The van der Waals surface area contributed by atoms with Gasteiger partial charge in [-0.25, -0.2) is 9.50 Å². The van der Waals surface area contributed by atoms with E-state index < -0.39 is 0 Å². The van der Waals surface area contributed by atoms with Crippen molar-refractivity contribution in [2.75, 3.05) is 6.26 Å². The first-order valence-corrected chi connectivity index (χ1v) is 11.4. The molecule has 0 unspecified atom stereocenters. The fraction of sp³-hybridized carbons (Fsp3) is 0.250. The Balaban J connectivity index is 1.47. The van der Waals surface area contributed by atoms with E-state index in [9.17, 15) is 4.79 Å². The number of carbonyl (C=O) groups is 1. The highest BCUT2D eigenvalue weighted by Gasteiger charge is 2.16. The van der Waals surface area contributed by atoms with Gasteiger partial charge in [-0.05, 0) is 49.8 Å². The predicted octanol–water partition coefficient (Wildman–Crippen LogP) is 4.30. The summed E-state index contributed by atoms with van der Waals surface area (Å²) in [4.78, 5) is 21.6. The number of nitrogens with one attached hydrogen (secondary N) is 1. The summed E-state index contributed by atoms with van der Waals surface area (Å²) < 4.78 is 1.72. The first-order valence-electron chi connectivity index (χ1n) is 10.1. The van der Waals surface area contributed by atoms with Gasteiger partial charge in [0.1, 0.15) is 0 Å².